The van der Waals surface area contributed by atoms with Gasteiger partial charge in [0.05, 0.1) is 11.1 Å². The van der Waals surface area contributed by atoms with Gasteiger partial charge in [0.2, 0.25) is 5.91 Å². The molecule has 0 aliphatic heterocycles. The van der Waals surface area contributed by atoms with Crippen molar-refractivity contribution in [1.82, 2.24) is 15.2 Å². The molecule has 3 rings (SSSR count). The van der Waals surface area contributed by atoms with Crippen molar-refractivity contribution in [2.45, 2.75) is 31.7 Å². The molecule has 2 aromatic carbocycles. The lowest BCUT2D eigenvalue weighted by atomic mass is 10.1. The minimum Gasteiger partial charge on any atom is -0.447 e. The van der Waals surface area contributed by atoms with Crippen molar-refractivity contribution in [3.8, 4) is 0 Å². The number of carbonyl (C=O) groups is 2. The molecule has 204 valence electrons. The van der Waals surface area contributed by atoms with Crippen LogP contribution in [0.2, 0.25) is 5.02 Å². The molecule has 0 aliphatic carbocycles. The van der Waals surface area contributed by atoms with E-state index in [0.29, 0.717) is 35.7 Å². The van der Waals surface area contributed by atoms with Crippen LogP contribution in [0.25, 0.3) is 10.8 Å². The Labute approximate surface area is 224 Å². The first-order valence-corrected chi connectivity index (χ1v) is 12.6. The van der Waals surface area contributed by atoms with E-state index in [1.807, 2.05) is 0 Å². The molecule has 38 heavy (non-hydrogen) atoms. The van der Waals surface area contributed by atoms with E-state index in [9.17, 15) is 22.8 Å². The standard InChI is InChI=1S/C27H30ClF3N4O3/c1-35(25(36)10-8-18-4-2-6-23(31)26(18)28)22(5-3-12-32-13-11-29)17-38-27(37)34-24-15-20-14-21(30)9-7-19(20)16-33-24/h2,4,6-7,9,14-16,22,32H,3,5,8,10-13,17H2,1H3,(H,33,34,37)/t22-/m0/s1. The molecule has 0 saturated carbocycles. The minimum absolute atomic E-state index is 0.0107. The smallest absolute Gasteiger partial charge is 0.412 e. The molecule has 0 fully saturated rings. The monoisotopic (exact) mass is 550 g/mol. The van der Waals surface area contributed by atoms with Crippen LogP contribution in [0, 0.1) is 11.6 Å². The molecule has 1 heterocycles. The SMILES string of the molecule is CN(C(=O)CCc1cccc(F)c1Cl)[C@@H](CCCNCCF)COC(=O)Nc1cc2cc(F)ccc2cn1. The number of anilines is 1. The van der Waals surface area contributed by atoms with Crippen LogP contribution in [-0.4, -0.2) is 61.3 Å². The summed E-state index contributed by atoms with van der Waals surface area (Å²) in [5.41, 5.74) is 0.527. The fourth-order valence-electron chi connectivity index (χ4n) is 3.90. The van der Waals surface area contributed by atoms with E-state index < -0.39 is 30.4 Å². The average molecular weight is 551 g/mol. The predicted molar refractivity (Wildman–Crippen MR) is 141 cm³/mol. The van der Waals surface area contributed by atoms with Crippen LogP contribution < -0.4 is 10.6 Å². The third kappa shape index (κ3) is 8.59. The van der Waals surface area contributed by atoms with E-state index in [0.717, 1.165) is 0 Å². The van der Waals surface area contributed by atoms with Gasteiger partial charge in [-0.3, -0.25) is 10.1 Å². The van der Waals surface area contributed by atoms with Crippen LogP contribution in [0.15, 0.2) is 48.7 Å². The minimum atomic E-state index is -0.777. The maximum absolute atomic E-state index is 13.7. The molecular formula is C27H30ClF3N4O3. The Kier molecular flexibility index (Phi) is 11.2. The van der Waals surface area contributed by atoms with E-state index in [-0.39, 0.29) is 42.7 Å². The fourth-order valence-corrected chi connectivity index (χ4v) is 4.12. The third-order valence-corrected chi connectivity index (χ3v) is 6.49. The second kappa shape index (κ2) is 14.5. The van der Waals surface area contributed by atoms with Gasteiger partial charge in [0.15, 0.2) is 0 Å². The number of nitrogens with one attached hydrogen (secondary N) is 2. The number of hydrogen-bond acceptors (Lipinski definition) is 5. The average Bonchev–Trinajstić information content (AvgIpc) is 2.90. The number of rotatable bonds is 13. The van der Waals surface area contributed by atoms with Gasteiger partial charge in [-0.1, -0.05) is 23.7 Å². The van der Waals surface area contributed by atoms with Crippen LogP contribution in [0.4, 0.5) is 23.8 Å². The molecule has 0 radical (unpaired) electrons. The van der Waals surface area contributed by atoms with Crippen LogP contribution >= 0.6 is 11.6 Å². The van der Waals surface area contributed by atoms with E-state index in [1.165, 1.54) is 41.4 Å². The first kappa shape index (κ1) is 29.2. The summed E-state index contributed by atoms with van der Waals surface area (Å²) in [6.45, 7) is 0.184. The summed E-state index contributed by atoms with van der Waals surface area (Å²) in [4.78, 5) is 31.0. The topological polar surface area (TPSA) is 83.6 Å². The van der Waals surface area contributed by atoms with Crippen LogP contribution in [-0.2, 0) is 16.0 Å². The van der Waals surface area contributed by atoms with Gasteiger partial charge in [0, 0.05) is 31.6 Å². The van der Waals surface area contributed by atoms with Crippen LogP contribution in [0.3, 0.4) is 0 Å². The zero-order valence-corrected chi connectivity index (χ0v) is 21.7. The zero-order chi connectivity index (χ0) is 27.5. The Morgan fingerprint density at radius 3 is 2.74 bits per heavy atom. The summed E-state index contributed by atoms with van der Waals surface area (Å²) in [5, 5.41) is 6.74. The van der Waals surface area contributed by atoms with E-state index in [1.54, 1.807) is 19.2 Å². The lowest BCUT2D eigenvalue weighted by Gasteiger charge is -2.28. The molecule has 0 saturated heterocycles. The van der Waals surface area contributed by atoms with Crippen molar-refractivity contribution < 1.29 is 27.5 Å². The number of alkyl halides is 1. The summed E-state index contributed by atoms with van der Waals surface area (Å²) in [6.07, 6.45) is 2.17. The van der Waals surface area contributed by atoms with Gasteiger partial charge in [-0.2, -0.15) is 0 Å². The Morgan fingerprint density at radius 1 is 1.13 bits per heavy atom. The van der Waals surface area contributed by atoms with E-state index in [2.05, 4.69) is 15.6 Å². The highest BCUT2D eigenvalue weighted by molar-refractivity contribution is 6.31. The number of hydrogen-bond donors (Lipinski definition) is 2. The quantitative estimate of drug-likeness (QED) is 0.274. The number of likely N-dealkylation sites (N-methyl/N-ethyl adjacent to an activating group) is 1. The van der Waals surface area contributed by atoms with E-state index in [4.69, 9.17) is 16.3 Å². The Bertz CT molecular complexity index is 1250. The molecule has 0 bridgehead atoms. The van der Waals surface area contributed by atoms with Crippen molar-refractivity contribution in [3.63, 3.8) is 0 Å². The summed E-state index contributed by atoms with van der Waals surface area (Å²) in [6, 6.07) is 9.76. The van der Waals surface area contributed by atoms with Crippen LogP contribution in [0.1, 0.15) is 24.8 Å². The third-order valence-electron chi connectivity index (χ3n) is 6.06. The number of pyridine rings is 1. The maximum Gasteiger partial charge on any atom is 0.412 e. The van der Waals surface area contributed by atoms with Gasteiger partial charge < -0.3 is 15.0 Å². The Hall–Kier alpha value is -3.37. The molecule has 0 aliphatic rings. The van der Waals surface area contributed by atoms with Crippen molar-refractivity contribution in [2.24, 2.45) is 0 Å². The predicted octanol–water partition coefficient (Wildman–Crippen LogP) is 5.51. The number of nitrogens with zero attached hydrogens (tertiary/aromatic N) is 2. The van der Waals surface area contributed by atoms with Gasteiger partial charge in [0.1, 0.15) is 30.7 Å². The lowest BCUT2D eigenvalue weighted by Crippen LogP contribution is -2.41. The number of carbonyl (C=O) groups excluding carboxylic acids is 2. The first-order valence-electron chi connectivity index (χ1n) is 12.2. The fraction of sp³-hybridized carbons (Fsp3) is 0.370. The van der Waals surface area contributed by atoms with Gasteiger partial charge in [-0.05, 0) is 67.1 Å². The first-order chi connectivity index (χ1) is 18.3. The highest BCUT2D eigenvalue weighted by Crippen LogP contribution is 2.22. The summed E-state index contributed by atoms with van der Waals surface area (Å²) in [7, 11) is 1.61. The second-order valence-electron chi connectivity index (χ2n) is 8.74. The van der Waals surface area contributed by atoms with E-state index >= 15 is 0 Å². The van der Waals surface area contributed by atoms with Gasteiger partial charge in [0.25, 0.3) is 0 Å². The number of halogens is 4. The van der Waals surface area contributed by atoms with Crippen molar-refractivity contribution in [2.75, 3.05) is 38.7 Å². The number of aryl methyl sites for hydroxylation is 1. The molecule has 0 unspecified atom stereocenters. The highest BCUT2D eigenvalue weighted by atomic mass is 35.5. The molecule has 11 heteroatoms. The second-order valence-corrected chi connectivity index (χ2v) is 9.12. The number of aromatic nitrogens is 1. The van der Waals surface area contributed by atoms with Gasteiger partial charge in [-0.15, -0.1) is 0 Å². The molecule has 1 aromatic heterocycles. The molecule has 7 nitrogen and oxygen atoms in total. The lowest BCUT2D eigenvalue weighted by molar-refractivity contribution is -0.132. The normalized spacial score (nSPS) is 11.8. The van der Waals surface area contributed by atoms with Crippen LogP contribution in [0.5, 0.6) is 0 Å². The molecular weight excluding hydrogens is 521 g/mol. The summed E-state index contributed by atoms with van der Waals surface area (Å²) in [5.74, 6) is -0.992. The largest absolute Gasteiger partial charge is 0.447 e. The Morgan fingerprint density at radius 2 is 1.95 bits per heavy atom. The van der Waals surface area contributed by atoms with Crippen molar-refractivity contribution in [3.05, 3.63) is 70.9 Å². The van der Waals surface area contributed by atoms with Gasteiger partial charge >= 0.3 is 6.09 Å². The van der Waals surface area contributed by atoms with Crippen molar-refractivity contribution in [1.29, 1.82) is 0 Å². The molecule has 2 amide bonds. The number of benzene rings is 2. The summed E-state index contributed by atoms with van der Waals surface area (Å²) >= 11 is 6.00. The molecule has 3 aromatic rings. The number of fused-ring (bicyclic) bond motifs is 1. The molecule has 1 atom stereocenters. The Balaban J connectivity index is 1.59. The number of ether oxygens (including phenoxy) is 1. The summed E-state index contributed by atoms with van der Waals surface area (Å²) < 4.78 is 45.0. The number of amides is 2. The molecule has 0 spiro atoms. The molecule has 2 N–H and O–H groups in total. The highest BCUT2D eigenvalue weighted by Gasteiger charge is 2.22. The van der Waals surface area contributed by atoms with Crippen molar-refractivity contribution >= 4 is 40.2 Å². The maximum atomic E-state index is 13.7. The zero-order valence-electron chi connectivity index (χ0n) is 21.0. The van der Waals surface area contributed by atoms with Gasteiger partial charge in [-0.25, -0.2) is 22.9 Å².